The summed E-state index contributed by atoms with van der Waals surface area (Å²) in [6.45, 7) is 0.451. The van der Waals surface area contributed by atoms with E-state index in [4.69, 9.17) is 9.47 Å². The number of aromatic amines is 1. The average molecular weight is 462 g/mol. The number of amides is 1. The summed E-state index contributed by atoms with van der Waals surface area (Å²) < 4.78 is 13.3. The van der Waals surface area contributed by atoms with Gasteiger partial charge < -0.3 is 9.47 Å². The molecule has 0 aliphatic heterocycles. The molecule has 2 N–H and O–H groups in total. The van der Waals surface area contributed by atoms with E-state index in [-0.39, 0.29) is 11.7 Å². The number of ether oxygens (including phenoxy) is 2. The lowest BCUT2D eigenvalue weighted by Crippen LogP contribution is -2.30. The molecule has 1 amide bonds. The first kappa shape index (κ1) is 22.4. The second kappa shape index (κ2) is 10.7. The normalized spacial score (nSPS) is 11.1. The highest BCUT2D eigenvalue weighted by atomic mass is 32.2. The first-order valence-corrected chi connectivity index (χ1v) is 11.4. The van der Waals surface area contributed by atoms with Crippen molar-refractivity contribution in [2.75, 3.05) is 12.9 Å². The van der Waals surface area contributed by atoms with Crippen molar-refractivity contribution in [3.63, 3.8) is 0 Å². The highest BCUT2D eigenvalue weighted by molar-refractivity contribution is 7.99. The van der Waals surface area contributed by atoms with Gasteiger partial charge in [0.15, 0.2) is 22.5 Å². The van der Waals surface area contributed by atoms with Crippen LogP contribution in [0.3, 0.4) is 0 Å². The Morgan fingerprint density at radius 3 is 2.67 bits per heavy atom. The molecular weight excluding hydrogens is 436 g/mol. The molecular formula is C25H25N4O3S+. The summed E-state index contributed by atoms with van der Waals surface area (Å²) in [4.78, 5) is 15.5. The monoisotopic (exact) mass is 461 g/mol. The molecule has 0 unspecified atom stereocenters. The summed E-state index contributed by atoms with van der Waals surface area (Å²) in [5.41, 5.74) is 6.55. The van der Waals surface area contributed by atoms with E-state index in [2.05, 4.69) is 15.5 Å². The molecule has 0 aliphatic rings. The molecule has 7 nitrogen and oxygen atoms in total. The minimum Gasteiger partial charge on any atom is -0.493 e. The van der Waals surface area contributed by atoms with Gasteiger partial charge in [-0.3, -0.25) is 4.79 Å². The minimum atomic E-state index is -0.190. The van der Waals surface area contributed by atoms with Gasteiger partial charge in [-0.05, 0) is 53.2 Å². The summed E-state index contributed by atoms with van der Waals surface area (Å²) in [5, 5.41) is 4.97. The number of hydrogen-bond acceptors (Lipinski definition) is 5. The van der Waals surface area contributed by atoms with Crippen molar-refractivity contribution in [2.45, 2.75) is 11.8 Å². The van der Waals surface area contributed by atoms with E-state index < -0.39 is 0 Å². The molecule has 0 bridgehead atoms. The van der Waals surface area contributed by atoms with E-state index in [9.17, 15) is 4.79 Å². The largest absolute Gasteiger partial charge is 0.493 e. The molecule has 8 heteroatoms. The third kappa shape index (κ3) is 5.72. The maximum absolute atomic E-state index is 12.2. The number of para-hydroxylation sites is 2. The molecule has 0 saturated carbocycles. The number of fused-ring (bicyclic) bond motifs is 1. The number of imidazole rings is 1. The Bertz CT molecular complexity index is 1270. The van der Waals surface area contributed by atoms with Crippen molar-refractivity contribution < 1.29 is 18.8 Å². The van der Waals surface area contributed by atoms with Crippen molar-refractivity contribution in [1.29, 1.82) is 0 Å². The van der Waals surface area contributed by atoms with Crippen molar-refractivity contribution in [3.8, 4) is 11.5 Å². The molecule has 0 saturated heterocycles. The molecule has 168 valence electrons. The summed E-state index contributed by atoms with van der Waals surface area (Å²) >= 11 is 1.42. The summed E-state index contributed by atoms with van der Waals surface area (Å²) in [5.74, 6) is 1.30. The molecule has 4 aromatic rings. The van der Waals surface area contributed by atoms with Crippen LogP contribution in [-0.2, 0) is 18.4 Å². The molecule has 0 fully saturated rings. The number of nitrogens with one attached hydrogen (secondary N) is 2. The van der Waals surface area contributed by atoms with Gasteiger partial charge >= 0.3 is 5.16 Å². The summed E-state index contributed by atoms with van der Waals surface area (Å²) in [6, 6.07) is 23.4. The number of hydrazone groups is 1. The predicted octanol–water partition coefficient (Wildman–Crippen LogP) is 3.82. The maximum Gasteiger partial charge on any atom is 0.317 e. The van der Waals surface area contributed by atoms with Crippen LogP contribution in [0.1, 0.15) is 11.1 Å². The van der Waals surface area contributed by atoms with Crippen LogP contribution >= 0.6 is 11.8 Å². The fourth-order valence-corrected chi connectivity index (χ4v) is 4.08. The van der Waals surface area contributed by atoms with Crippen LogP contribution in [0.5, 0.6) is 11.5 Å². The molecule has 0 atom stereocenters. The van der Waals surface area contributed by atoms with E-state index >= 15 is 0 Å². The van der Waals surface area contributed by atoms with Crippen molar-refractivity contribution in [2.24, 2.45) is 12.1 Å². The Morgan fingerprint density at radius 2 is 1.88 bits per heavy atom. The zero-order valence-electron chi connectivity index (χ0n) is 18.4. The number of nitrogens with zero attached hydrogens (tertiary/aromatic N) is 2. The summed E-state index contributed by atoms with van der Waals surface area (Å²) in [7, 11) is 3.56. The van der Waals surface area contributed by atoms with E-state index in [1.807, 2.05) is 84.4 Å². The van der Waals surface area contributed by atoms with E-state index in [0.717, 1.165) is 27.3 Å². The average Bonchev–Trinajstić information content (AvgIpc) is 3.18. The number of carbonyl (C=O) groups is 1. The van der Waals surface area contributed by atoms with Gasteiger partial charge in [0, 0.05) is 0 Å². The SMILES string of the molecule is COc1cc(C=NNC(=O)CSc2[nH]c3ccccc3[n+]2C)ccc1OCc1ccccc1. The molecule has 33 heavy (non-hydrogen) atoms. The van der Waals surface area contributed by atoms with Crippen LogP contribution in [0.15, 0.2) is 83.1 Å². The molecule has 1 aromatic heterocycles. The summed E-state index contributed by atoms with van der Waals surface area (Å²) in [6.07, 6.45) is 1.58. The van der Waals surface area contributed by atoms with E-state index in [1.165, 1.54) is 11.8 Å². The Balaban J connectivity index is 1.30. The Morgan fingerprint density at radius 1 is 1.09 bits per heavy atom. The fraction of sp³-hybridized carbons (Fsp3) is 0.160. The standard InChI is InChI=1S/C25H24N4O3S/c1-29-21-11-7-6-10-20(21)27-25(29)33-17-24(30)28-26-15-19-12-13-22(23(14-19)31-2)32-16-18-8-4-3-5-9-18/h3-15H,16-17H2,1-2H3,(H,28,30)/p+1. The lowest BCUT2D eigenvalue weighted by atomic mass is 10.2. The predicted molar refractivity (Wildman–Crippen MR) is 130 cm³/mol. The van der Waals surface area contributed by atoms with Gasteiger partial charge in [0.2, 0.25) is 0 Å². The molecule has 0 aliphatic carbocycles. The quantitative estimate of drug-likeness (QED) is 0.172. The minimum absolute atomic E-state index is 0.190. The van der Waals surface area contributed by atoms with Crippen LogP contribution in [-0.4, -0.2) is 30.0 Å². The number of carbonyl (C=O) groups excluding carboxylic acids is 1. The number of benzene rings is 3. The van der Waals surface area contributed by atoms with Crippen molar-refractivity contribution in [3.05, 3.63) is 83.9 Å². The van der Waals surface area contributed by atoms with Crippen LogP contribution in [0.2, 0.25) is 0 Å². The number of rotatable bonds is 9. The first-order chi connectivity index (χ1) is 16.1. The second-order valence-corrected chi connectivity index (χ2v) is 8.24. The van der Waals surface area contributed by atoms with Gasteiger partial charge in [-0.15, -0.1) is 0 Å². The number of hydrogen-bond donors (Lipinski definition) is 2. The highest BCUT2D eigenvalue weighted by Gasteiger charge is 2.16. The van der Waals surface area contributed by atoms with Gasteiger partial charge in [0.1, 0.15) is 6.61 Å². The van der Waals surface area contributed by atoms with Crippen LogP contribution < -0.4 is 19.5 Å². The highest BCUT2D eigenvalue weighted by Crippen LogP contribution is 2.28. The van der Waals surface area contributed by atoms with Gasteiger partial charge in [-0.25, -0.2) is 15.0 Å². The molecule has 1 heterocycles. The third-order valence-electron chi connectivity index (χ3n) is 4.98. The smallest absolute Gasteiger partial charge is 0.317 e. The van der Waals surface area contributed by atoms with Gasteiger partial charge in [-0.2, -0.15) is 5.10 Å². The lowest BCUT2D eigenvalue weighted by Gasteiger charge is -2.11. The van der Waals surface area contributed by atoms with Crippen LogP contribution in [0, 0.1) is 0 Å². The zero-order chi connectivity index (χ0) is 23.0. The van der Waals surface area contributed by atoms with Crippen molar-refractivity contribution >= 4 is 34.9 Å². The first-order valence-electron chi connectivity index (χ1n) is 10.4. The Kier molecular flexibility index (Phi) is 7.26. The number of aromatic nitrogens is 2. The lowest BCUT2D eigenvalue weighted by molar-refractivity contribution is -0.683. The number of thioether (sulfide) groups is 1. The number of H-pyrrole nitrogens is 1. The maximum atomic E-state index is 12.2. The number of methoxy groups -OCH3 is 1. The van der Waals surface area contributed by atoms with Gasteiger partial charge in [-0.1, -0.05) is 42.5 Å². The number of aryl methyl sites for hydroxylation is 1. The van der Waals surface area contributed by atoms with Gasteiger partial charge in [0.25, 0.3) is 5.91 Å². The zero-order valence-corrected chi connectivity index (χ0v) is 19.3. The molecule has 3 aromatic carbocycles. The second-order valence-electron chi connectivity index (χ2n) is 7.27. The van der Waals surface area contributed by atoms with E-state index in [0.29, 0.717) is 18.1 Å². The Hall–Kier alpha value is -3.78. The van der Waals surface area contributed by atoms with E-state index in [1.54, 1.807) is 13.3 Å². The third-order valence-corrected chi connectivity index (χ3v) is 6.04. The van der Waals surface area contributed by atoms with Crippen LogP contribution in [0.25, 0.3) is 11.0 Å². The topological polar surface area (TPSA) is 79.6 Å². The van der Waals surface area contributed by atoms with Gasteiger partial charge in [0.05, 0.1) is 26.1 Å². The molecule has 0 radical (unpaired) electrons. The molecule has 0 spiro atoms. The van der Waals surface area contributed by atoms with Crippen molar-refractivity contribution in [1.82, 2.24) is 10.4 Å². The molecule has 4 rings (SSSR count). The fourth-order valence-electron chi connectivity index (χ4n) is 3.28. The Labute approximate surface area is 196 Å². The van der Waals surface area contributed by atoms with Crippen LogP contribution in [0.4, 0.5) is 0 Å².